The summed E-state index contributed by atoms with van der Waals surface area (Å²) in [4.78, 5) is 4.13. The maximum atomic E-state index is 11.8. The van der Waals surface area contributed by atoms with Gasteiger partial charge in [0.15, 0.2) is 0 Å². The summed E-state index contributed by atoms with van der Waals surface area (Å²) in [6.45, 7) is -0.414. The van der Waals surface area contributed by atoms with Crippen molar-refractivity contribution in [2.45, 2.75) is 0 Å². The van der Waals surface area contributed by atoms with E-state index >= 15 is 0 Å². The summed E-state index contributed by atoms with van der Waals surface area (Å²) in [5.74, 6) is 0.592. The number of rotatable bonds is 3. The van der Waals surface area contributed by atoms with E-state index in [0.29, 0.717) is 5.75 Å². The molecule has 0 amide bonds. The molecule has 1 heterocycles. The Labute approximate surface area is 81.3 Å². The number of hydrogen-bond acceptors (Lipinski definition) is 2. The van der Waals surface area contributed by atoms with Crippen LogP contribution in [0.5, 0.6) is 5.75 Å². The Morgan fingerprint density at radius 2 is 2.43 bits per heavy atom. The molecule has 0 atom stereocenters. The molecule has 0 saturated carbocycles. The van der Waals surface area contributed by atoms with Crippen molar-refractivity contribution >= 4 is 10.9 Å². The Morgan fingerprint density at radius 3 is 3.29 bits per heavy atom. The largest absolute Gasteiger partial charge is 0.489 e. The van der Waals surface area contributed by atoms with Crippen LogP contribution in [0.1, 0.15) is 0 Å². The van der Waals surface area contributed by atoms with Gasteiger partial charge in [0.25, 0.3) is 0 Å². The predicted octanol–water partition coefficient (Wildman–Crippen LogP) is 2.38. The molecule has 0 bridgehead atoms. The van der Waals surface area contributed by atoms with Crippen molar-refractivity contribution in [2.24, 2.45) is 0 Å². The van der Waals surface area contributed by atoms with Crippen molar-refractivity contribution in [3.8, 4) is 5.75 Å². The van der Waals surface area contributed by atoms with Gasteiger partial charge in [-0.15, -0.1) is 0 Å². The third kappa shape index (κ3) is 1.82. The molecule has 2 rings (SSSR count). The molecule has 1 radical (unpaired) electrons. The van der Waals surface area contributed by atoms with Crippen LogP contribution in [0.4, 0.5) is 4.39 Å². The summed E-state index contributed by atoms with van der Waals surface area (Å²) in [6, 6.07) is 10.4. The van der Waals surface area contributed by atoms with Crippen LogP contribution in [-0.4, -0.2) is 18.3 Å². The van der Waals surface area contributed by atoms with E-state index in [1.165, 1.54) is 0 Å². The van der Waals surface area contributed by atoms with Gasteiger partial charge in [0, 0.05) is 11.5 Å². The molecule has 0 saturated heterocycles. The SMILES string of the molecule is FCCOc1cnc2[c]cccc2c1. The second-order valence-corrected chi connectivity index (χ2v) is 2.82. The monoisotopic (exact) mass is 190 g/mol. The van der Waals surface area contributed by atoms with E-state index in [4.69, 9.17) is 4.74 Å². The molecule has 14 heavy (non-hydrogen) atoms. The van der Waals surface area contributed by atoms with Crippen LogP contribution >= 0.6 is 0 Å². The normalized spacial score (nSPS) is 10.4. The van der Waals surface area contributed by atoms with Crippen molar-refractivity contribution in [1.82, 2.24) is 4.98 Å². The highest BCUT2D eigenvalue weighted by molar-refractivity contribution is 5.78. The maximum absolute atomic E-state index is 11.8. The molecule has 1 aromatic carbocycles. The molecule has 1 aromatic heterocycles. The molecule has 2 nitrogen and oxygen atoms in total. The molecule has 0 spiro atoms. The molecule has 0 aliphatic heterocycles. The van der Waals surface area contributed by atoms with Gasteiger partial charge in [-0.3, -0.25) is 4.98 Å². The number of benzene rings is 1. The highest BCUT2D eigenvalue weighted by atomic mass is 19.1. The standard InChI is InChI=1S/C11H9FNO/c12-5-6-14-10-7-9-3-1-2-4-11(9)13-8-10/h1-3,7-8H,5-6H2. The number of pyridine rings is 1. The third-order valence-electron chi connectivity index (χ3n) is 1.83. The first-order valence-electron chi connectivity index (χ1n) is 4.35. The van der Waals surface area contributed by atoms with Crippen molar-refractivity contribution in [1.29, 1.82) is 0 Å². The third-order valence-corrected chi connectivity index (χ3v) is 1.83. The quantitative estimate of drug-likeness (QED) is 0.741. The van der Waals surface area contributed by atoms with Crippen LogP contribution in [0.25, 0.3) is 10.9 Å². The van der Waals surface area contributed by atoms with Crippen molar-refractivity contribution in [3.63, 3.8) is 0 Å². The van der Waals surface area contributed by atoms with Gasteiger partial charge < -0.3 is 4.74 Å². The van der Waals surface area contributed by atoms with Crippen LogP contribution in [0, 0.1) is 6.07 Å². The number of nitrogens with zero attached hydrogens (tertiary/aromatic N) is 1. The van der Waals surface area contributed by atoms with E-state index in [2.05, 4.69) is 11.1 Å². The average molecular weight is 190 g/mol. The van der Waals surface area contributed by atoms with E-state index in [9.17, 15) is 4.39 Å². The van der Waals surface area contributed by atoms with Crippen LogP contribution < -0.4 is 4.74 Å². The molecular weight excluding hydrogens is 181 g/mol. The molecule has 0 N–H and O–H groups in total. The first kappa shape index (κ1) is 8.94. The fourth-order valence-corrected chi connectivity index (χ4v) is 1.22. The highest BCUT2D eigenvalue weighted by Gasteiger charge is 1.97. The van der Waals surface area contributed by atoms with Crippen LogP contribution in [0.3, 0.4) is 0 Å². The molecule has 2 aromatic rings. The molecule has 3 heteroatoms. The zero-order chi connectivity index (χ0) is 9.80. The second kappa shape index (κ2) is 4.05. The summed E-state index contributed by atoms with van der Waals surface area (Å²) in [7, 11) is 0. The predicted molar refractivity (Wildman–Crippen MR) is 52.0 cm³/mol. The second-order valence-electron chi connectivity index (χ2n) is 2.82. The minimum atomic E-state index is -0.487. The van der Waals surface area contributed by atoms with Crippen molar-refractivity contribution in [2.75, 3.05) is 13.3 Å². The number of hydrogen-bond donors (Lipinski definition) is 0. The zero-order valence-corrected chi connectivity index (χ0v) is 7.53. The lowest BCUT2D eigenvalue weighted by Gasteiger charge is -2.03. The molecule has 0 fully saturated rings. The number of alkyl halides is 1. The minimum absolute atomic E-state index is 0.0731. The molecule has 0 aliphatic rings. The summed E-state index contributed by atoms with van der Waals surface area (Å²) in [5.41, 5.74) is 0.792. The highest BCUT2D eigenvalue weighted by Crippen LogP contribution is 2.17. The smallest absolute Gasteiger partial charge is 0.138 e. The Bertz CT molecular complexity index is 430. The number of fused-ring (bicyclic) bond motifs is 1. The Kier molecular flexibility index (Phi) is 2.58. The van der Waals surface area contributed by atoms with Crippen LogP contribution in [0.2, 0.25) is 0 Å². The Morgan fingerprint density at radius 1 is 1.50 bits per heavy atom. The van der Waals surface area contributed by atoms with E-state index in [1.807, 2.05) is 18.2 Å². The van der Waals surface area contributed by atoms with Crippen LogP contribution in [-0.2, 0) is 0 Å². The number of aromatic nitrogens is 1. The first-order valence-corrected chi connectivity index (χ1v) is 4.35. The fourth-order valence-electron chi connectivity index (χ4n) is 1.22. The van der Waals surface area contributed by atoms with E-state index < -0.39 is 6.67 Å². The lowest BCUT2D eigenvalue weighted by Crippen LogP contribution is -1.98. The summed E-state index contributed by atoms with van der Waals surface area (Å²) >= 11 is 0. The first-order chi connectivity index (χ1) is 6.90. The molecule has 0 aliphatic carbocycles. The zero-order valence-electron chi connectivity index (χ0n) is 7.53. The van der Waals surface area contributed by atoms with Crippen LogP contribution in [0.15, 0.2) is 30.5 Å². The van der Waals surface area contributed by atoms with Gasteiger partial charge in [-0.1, -0.05) is 18.2 Å². The van der Waals surface area contributed by atoms with Gasteiger partial charge in [0.05, 0.1) is 11.7 Å². The summed E-state index contributed by atoms with van der Waals surface area (Å²) in [5, 5.41) is 0.948. The maximum Gasteiger partial charge on any atom is 0.138 e. The van der Waals surface area contributed by atoms with Crippen molar-refractivity contribution < 1.29 is 9.13 Å². The van der Waals surface area contributed by atoms with Gasteiger partial charge in [-0.05, 0) is 6.07 Å². The Hall–Kier alpha value is -1.64. The van der Waals surface area contributed by atoms with Gasteiger partial charge in [0.2, 0.25) is 0 Å². The van der Waals surface area contributed by atoms with Gasteiger partial charge in [0.1, 0.15) is 19.0 Å². The average Bonchev–Trinajstić information content (AvgIpc) is 2.26. The summed E-state index contributed by atoms with van der Waals surface area (Å²) in [6.07, 6.45) is 1.58. The number of para-hydroxylation sites is 1. The minimum Gasteiger partial charge on any atom is -0.489 e. The van der Waals surface area contributed by atoms with E-state index in [0.717, 1.165) is 10.9 Å². The lowest BCUT2D eigenvalue weighted by atomic mass is 10.2. The molecular formula is C11H9FNO. The van der Waals surface area contributed by atoms with Gasteiger partial charge in [-0.2, -0.15) is 0 Å². The van der Waals surface area contributed by atoms with Gasteiger partial charge in [-0.25, -0.2) is 4.39 Å². The fraction of sp³-hybridized carbons (Fsp3) is 0.182. The molecule has 0 unspecified atom stereocenters. The lowest BCUT2D eigenvalue weighted by molar-refractivity contribution is 0.273. The number of ether oxygens (including phenoxy) is 1. The summed E-state index contributed by atoms with van der Waals surface area (Å²) < 4.78 is 17.0. The van der Waals surface area contributed by atoms with Gasteiger partial charge >= 0.3 is 0 Å². The number of halogens is 1. The topological polar surface area (TPSA) is 22.1 Å². The Balaban J connectivity index is 2.32. The van der Waals surface area contributed by atoms with E-state index in [1.54, 1.807) is 12.3 Å². The molecule has 71 valence electrons. The van der Waals surface area contributed by atoms with Crippen molar-refractivity contribution in [3.05, 3.63) is 36.5 Å². The van der Waals surface area contributed by atoms with E-state index in [-0.39, 0.29) is 6.61 Å².